The third-order valence-electron chi connectivity index (χ3n) is 1.61. The highest BCUT2D eigenvalue weighted by Crippen LogP contribution is 1.97. The smallest absolute Gasteiger partial charge is 0.211 e. The van der Waals surface area contributed by atoms with Crippen molar-refractivity contribution in [2.45, 2.75) is 25.8 Å². The Bertz CT molecular complexity index is 214. The minimum Gasteiger partial charge on any atom is -0.395 e. The molecule has 0 amide bonds. The van der Waals surface area contributed by atoms with E-state index in [2.05, 4.69) is 4.72 Å². The molecule has 0 aromatic carbocycles. The van der Waals surface area contributed by atoms with Crippen LogP contribution in [0.1, 0.15) is 19.8 Å². The van der Waals surface area contributed by atoms with Crippen molar-refractivity contribution >= 4 is 21.6 Å². The lowest BCUT2D eigenvalue weighted by Gasteiger charge is -2.13. The minimum atomic E-state index is -3.26. The zero-order valence-corrected chi connectivity index (χ0v) is 9.24. The van der Waals surface area contributed by atoms with Crippen LogP contribution >= 0.6 is 11.6 Å². The highest BCUT2D eigenvalue weighted by Gasteiger charge is 2.14. The van der Waals surface area contributed by atoms with E-state index in [4.69, 9.17) is 16.7 Å². The van der Waals surface area contributed by atoms with Crippen LogP contribution in [0.4, 0.5) is 0 Å². The van der Waals surface area contributed by atoms with Crippen LogP contribution in [-0.2, 0) is 10.0 Å². The Labute approximate surface area is 84.3 Å². The molecular formula is C7H16ClNO3S. The van der Waals surface area contributed by atoms with Gasteiger partial charge in [-0.2, -0.15) is 0 Å². The van der Waals surface area contributed by atoms with E-state index in [1.807, 2.05) is 6.92 Å². The van der Waals surface area contributed by atoms with E-state index in [0.29, 0.717) is 18.7 Å². The predicted octanol–water partition coefficient (Wildman–Crippen LogP) is 0.306. The largest absolute Gasteiger partial charge is 0.395 e. The van der Waals surface area contributed by atoms with E-state index in [0.717, 1.165) is 0 Å². The number of alkyl halides is 1. The van der Waals surface area contributed by atoms with Gasteiger partial charge in [0.2, 0.25) is 10.0 Å². The minimum absolute atomic E-state index is 0.0208. The summed E-state index contributed by atoms with van der Waals surface area (Å²) < 4.78 is 24.9. The predicted molar refractivity (Wildman–Crippen MR) is 53.4 cm³/mol. The molecule has 0 aliphatic heterocycles. The fourth-order valence-electron chi connectivity index (χ4n) is 0.807. The van der Waals surface area contributed by atoms with E-state index < -0.39 is 10.0 Å². The van der Waals surface area contributed by atoms with Gasteiger partial charge in [-0.25, -0.2) is 13.1 Å². The van der Waals surface area contributed by atoms with Gasteiger partial charge >= 0.3 is 0 Å². The molecule has 2 N–H and O–H groups in total. The van der Waals surface area contributed by atoms with Crippen molar-refractivity contribution in [3.05, 3.63) is 0 Å². The molecule has 0 fully saturated rings. The molecular weight excluding hydrogens is 214 g/mol. The lowest BCUT2D eigenvalue weighted by molar-refractivity contribution is 0.254. The molecule has 0 rings (SSSR count). The topological polar surface area (TPSA) is 66.4 Å². The molecule has 0 saturated carbocycles. The van der Waals surface area contributed by atoms with Crippen molar-refractivity contribution in [1.29, 1.82) is 0 Å². The molecule has 1 unspecified atom stereocenters. The summed E-state index contributed by atoms with van der Waals surface area (Å²) in [6.07, 6.45) is 1.01. The van der Waals surface area contributed by atoms with Gasteiger partial charge in [-0.3, -0.25) is 0 Å². The van der Waals surface area contributed by atoms with Gasteiger partial charge in [-0.1, -0.05) is 6.92 Å². The number of nitrogens with one attached hydrogen (secondary N) is 1. The van der Waals surface area contributed by atoms with Gasteiger partial charge in [0.05, 0.1) is 12.4 Å². The van der Waals surface area contributed by atoms with Crippen LogP contribution in [0.25, 0.3) is 0 Å². The zero-order chi connectivity index (χ0) is 10.3. The first-order valence-electron chi connectivity index (χ1n) is 4.22. The third kappa shape index (κ3) is 6.26. The van der Waals surface area contributed by atoms with Gasteiger partial charge in [0.1, 0.15) is 0 Å². The van der Waals surface area contributed by atoms with Crippen molar-refractivity contribution in [2.75, 3.05) is 18.2 Å². The van der Waals surface area contributed by atoms with E-state index in [-0.39, 0.29) is 18.4 Å². The first-order chi connectivity index (χ1) is 6.05. The summed E-state index contributed by atoms with van der Waals surface area (Å²) in [7, 11) is -3.26. The Balaban J connectivity index is 4.00. The molecule has 0 aliphatic carbocycles. The molecule has 4 nitrogen and oxygen atoms in total. The van der Waals surface area contributed by atoms with Crippen LogP contribution in [-0.4, -0.2) is 37.8 Å². The standard InChI is InChI=1S/C7H16ClNO3S/c1-2-7(6-10)9-13(11,12)5-3-4-8/h7,9-10H,2-6H2,1H3. The second-order valence-corrected chi connectivity index (χ2v) is 5.02. The second kappa shape index (κ2) is 6.59. The van der Waals surface area contributed by atoms with Crippen molar-refractivity contribution in [2.24, 2.45) is 0 Å². The maximum absolute atomic E-state index is 11.2. The van der Waals surface area contributed by atoms with Crippen molar-refractivity contribution < 1.29 is 13.5 Å². The molecule has 0 radical (unpaired) electrons. The number of hydrogen-bond acceptors (Lipinski definition) is 3. The number of rotatable bonds is 7. The van der Waals surface area contributed by atoms with Crippen LogP contribution in [0.3, 0.4) is 0 Å². The SMILES string of the molecule is CCC(CO)NS(=O)(=O)CCCCl. The normalized spacial score (nSPS) is 14.4. The Morgan fingerprint density at radius 2 is 2.15 bits per heavy atom. The summed E-state index contributed by atoms with van der Waals surface area (Å²) in [6, 6.07) is -0.375. The summed E-state index contributed by atoms with van der Waals surface area (Å²) >= 11 is 5.37. The first-order valence-corrected chi connectivity index (χ1v) is 6.41. The fraction of sp³-hybridized carbons (Fsp3) is 1.00. The number of hydrogen-bond donors (Lipinski definition) is 2. The highest BCUT2D eigenvalue weighted by atomic mass is 35.5. The average molecular weight is 230 g/mol. The maximum Gasteiger partial charge on any atom is 0.211 e. The average Bonchev–Trinajstić information content (AvgIpc) is 2.11. The molecule has 6 heteroatoms. The number of sulfonamides is 1. The van der Waals surface area contributed by atoms with Gasteiger partial charge in [0, 0.05) is 11.9 Å². The van der Waals surface area contributed by atoms with Crippen LogP contribution in [0.15, 0.2) is 0 Å². The number of aliphatic hydroxyl groups excluding tert-OH is 1. The van der Waals surface area contributed by atoms with Gasteiger partial charge in [-0.15, -0.1) is 11.6 Å². The van der Waals surface area contributed by atoms with Crippen molar-refractivity contribution in [1.82, 2.24) is 4.72 Å². The number of aliphatic hydroxyl groups is 1. The van der Waals surface area contributed by atoms with Gasteiger partial charge in [-0.05, 0) is 12.8 Å². The highest BCUT2D eigenvalue weighted by molar-refractivity contribution is 7.89. The Hall–Kier alpha value is 0.160. The van der Waals surface area contributed by atoms with Crippen LogP contribution in [0.5, 0.6) is 0 Å². The Kier molecular flexibility index (Phi) is 6.67. The van der Waals surface area contributed by atoms with E-state index in [1.165, 1.54) is 0 Å². The fourth-order valence-corrected chi connectivity index (χ4v) is 2.49. The zero-order valence-electron chi connectivity index (χ0n) is 7.66. The lowest BCUT2D eigenvalue weighted by Crippen LogP contribution is -2.38. The van der Waals surface area contributed by atoms with Crippen molar-refractivity contribution in [3.63, 3.8) is 0 Å². The lowest BCUT2D eigenvalue weighted by atomic mass is 10.3. The quantitative estimate of drug-likeness (QED) is 0.618. The van der Waals surface area contributed by atoms with E-state index in [9.17, 15) is 8.42 Å². The molecule has 0 aliphatic rings. The molecule has 80 valence electrons. The molecule has 0 heterocycles. The first kappa shape index (κ1) is 13.2. The molecule has 0 saturated heterocycles. The molecule has 0 aromatic rings. The molecule has 13 heavy (non-hydrogen) atoms. The summed E-state index contributed by atoms with van der Waals surface area (Å²) in [4.78, 5) is 0. The summed E-state index contributed by atoms with van der Waals surface area (Å²) in [5.41, 5.74) is 0. The summed E-state index contributed by atoms with van der Waals surface area (Å²) in [5.74, 6) is 0.351. The van der Waals surface area contributed by atoms with Gasteiger partial charge < -0.3 is 5.11 Å². The summed E-state index contributed by atoms with van der Waals surface area (Å²) in [6.45, 7) is 1.64. The van der Waals surface area contributed by atoms with Gasteiger partial charge in [0.25, 0.3) is 0 Å². The van der Waals surface area contributed by atoms with Gasteiger partial charge in [0.15, 0.2) is 0 Å². The van der Waals surface area contributed by atoms with Crippen molar-refractivity contribution in [3.8, 4) is 0 Å². The third-order valence-corrected chi connectivity index (χ3v) is 3.39. The van der Waals surface area contributed by atoms with E-state index >= 15 is 0 Å². The van der Waals surface area contributed by atoms with Crippen LogP contribution < -0.4 is 4.72 Å². The monoisotopic (exact) mass is 229 g/mol. The molecule has 0 spiro atoms. The second-order valence-electron chi connectivity index (χ2n) is 2.77. The van der Waals surface area contributed by atoms with Crippen LogP contribution in [0.2, 0.25) is 0 Å². The van der Waals surface area contributed by atoms with Crippen LogP contribution in [0, 0.1) is 0 Å². The molecule has 0 bridgehead atoms. The molecule has 0 aromatic heterocycles. The number of halogens is 1. The van der Waals surface area contributed by atoms with E-state index in [1.54, 1.807) is 0 Å². The summed E-state index contributed by atoms with van der Waals surface area (Å²) in [5, 5.41) is 8.76. The Morgan fingerprint density at radius 3 is 2.54 bits per heavy atom. The maximum atomic E-state index is 11.2. The Morgan fingerprint density at radius 1 is 1.54 bits per heavy atom. The molecule has 1 atom stereocenters.